The number of nitrogens with one attached hydrogen (secondary N) is 2. The van der Waals surface area contributed by atoms with Crippen LogP contribution in [0.3, 0.4) is 0 Å². The predicted octanol–water partition coefficient (Wildman–Crippen LogP) is 2.83. The van der Waals surface area contributed by atoms with Crippen LogP contribution in [-0.2, 0) is 13.0 Å². The zero-order valence-corrected chi connectivity index (χ0v) is 11.1. The molecule has 3 nitrogen and oxygen atoms in total. The average Bonchev–Trinajstić information content (AvgIpc) is 2.81. The second kappa shape index (κ2) is 6.36. The Kier molecular flexibility index (Phi) is 4.53. The summed E-state index contributed by atoms with van der Waals surface area (Å²) in [6.07, 6.45) is 4.11. The molecule has 0 aliphatic carbocycles. The largest absolute Gasteiger partial charge is 0.309 e. The molecule has 0 aliphatic rings. The number of aromatic nitrogens is 2. The minimum Gasteiger partial charge on any atom is -0.309 e. The van der Waals surface area contributed by atoms with Gasteiger partial charge in [0.2, 0.25) is 0 Å². The summed E-state index contributed by atoms with van der Waals surface area (Å²) in [5.74, 6) is 0. The Balaban J connectivity index is 1.88. The maximum absolute atomic E-state index is 4.04. The van der Waals surface area contributed by atoms with E-state index in [1.54, 1.807) is 0 Å². The van der Waals surface area contributed by atoms with Gasteiger partial charge in [0.25, 0.3) is 0 Å². The maximum atomic E-state index is 4.04. The lowest BCUT2D eigenvalue weighted by molar-refractivity contribution is 0.493. The van der Waals surface area contributed by atoms with E-state index in [9.17, 15) is 0 Å². The molecule has 1 atom stereocenters. The first-order valence-electron chi connectivity index (χ1n) is 6.55. The molecule has 0 fully saturated rings. The third-order valence-corrected chi connectivity index (χ3v) is 3.33. The Hall–Kier alpha value is -1.61. The van der Waals surface area contributed by atoms with Crippen molar-refractivity contribution in [1.82, 2.24) is 15.5 Å². The molecule has 2 N–H and O–H groups in total. The smallest absolute Gasteiger partial charge is 0.0535 e. The van der Waals surface area contributed by atoms with Crippen molar-refractivity contribution in [3.8, 4) is 0 Å². The highest BCUT2D eigenvalue weighted by Gasteiger charge is 2.08. The van der Waals surface area contributed by atoms with Crippen molar-refractivity contribution in [3.63, 3.8) is 0 Å². The molecule has 0 bridgehead atoms. The highest BCUT2D eigenvalue weighted by Crippen LogP contribution is 2.08. The van der Waals surface area contributed by atoms with Crippen LogP contribution in [0.15, 0.2) is 36.5 Å². The topological polar surface area (TPSA) is 40.7 Å². The Morgan fingerprint density at radius 3 is 2.67 bits per heavy atom. The van der Waals surface area contributed by atoms with Crippen LogP contribution in [-0.4, -0.2) is 16.2 Å². The third kappa shape index (κ3) is 3.44. The van der Waals surface area contributed by atoms with E-state index in [1.807, 2.05) is 6.20 Å². The molecule has 18 heavy (non-hydrogen) atoms. The van der Waals surface area contributed by atoms with E-state index >= 15 is 0 Å². The number of H-pyrrole nitrogens is 1. The highest BCUT2D eigenvalue weighted by molar-refractivity contribution is 5.17. The molecule has 0 saturated heterocycles. The fourth-order valence-electron chi connectivity index (χ4n) is 2.07. The van der Waals surface area contributed by atoms with Crippen molar-refractivity contribution >= 4 is 0 Å². The van der Waals surface area contributed by atoms with Crippen LogP contribution in [0.4, 0.5) is 0 Å². The van der Waals surface area contributed by atoms with Gasteiger partial charge in [-0.15, -0.1) is 0 Å². The van der Waals surface area contributed by atoms with Gasteiger partial charge in [-0.2, -0.15) is 5.10 Å². The lowest BCUT2D eigenvalue weighted by Crippen LogP contribution is -2.30. The molecule has 3 heteroatoms. The number of hydrogen-bond acceptors (Lipinski definition) is 2. The molecule has 2 rings (SSSR count). The Labute approximate surface area is 109 Å². The summed E-state index contributed by atoms with van der Waals surface area (Å²) in [6.45, 7) is 5.17. The van der Waals surface area contributed by atoms with Crippen molar-refractivity contribution in [2.75, 3.05) is 0 Å². The molecule has 96 valence electrons. The van der Waals surface area contributed by atoms with E-state index in [2.05, 4.69) is 59.7 Å². The van der Waals surface area contributed by atoms with Crippen molar-refractivity contribution in [2.45, 2.75) is 39.3 Å². The molecular weight excluding hydrogens is 222 g/mol. The molecule has 1 aromatic carbocycles. The molecular formula is C15H21N3. The van der Waals surface area contributed by atoms with E-state index < -0.39 is 0 Å². The number of rotatable bonds is 6. The number of aryl methyl sites for hydroxylation is 1. The van der Waals surface area contributed by atoms with Crippen LogP contribution in [0.2, 0.25) is 0 Å². The SMILES string of the molecule is CCC(Cc1ccccc1)NCc1cn[nH]c1C. The first-order chi connectivity index (χ1) is 8.79. The monoisotopic (exact) mass is 243 g/mol. The summed E-state index contributed by atoms with van der Waals surface area (Å²) in [5.41, 5.74) is 3.79. The minimum absolute atomic E-state index is 0.515. The third-order valence-electron chi connectivity index (χ3n) is 3.33. The van der Waals surface area contributed by atoms with Crippen LogP contribution in [0.5, 0.6) is 0 Å². The van der Waals surface area contributed by atoms with Gasteiger partial charge in [0.15, 0.2) is 0 Å². The van der Waals surface area contributed by atoms with Crippen LogP contribution in [0, 0.1) is 6.92 Å². The molecule has 0 radical (unpaired) electrons. The second-order valence-electron chi connectivity index (χ2n) is 4.70. The normalized spacial score (nSPS) is 12.6. The lowest BCUT2D eigenvalue weighted by Gasteiger charge is -2.16. The van der Waals surface area contributed by atoms with Gasteiger partial charge < -0.3 is 5.32 Å². The lowest BCUT2D eigenvalue weighted by atomic mass is 10.0. The summed E-state index contributed by atoms with van der Waals surface area (Å²) >= 11 is 0. The Morgan fingerprint density at radius 2 is 2.06 bits per heavy atom. The van der Waals surface area contributed by atoms with E-state index in [1.165, 1.54) is 11.1 Å². The quantitative estimate of drug-likeness (QED) is 0.819. The molecule has 1 aromatic heterocycles. The first-order valence-corrected chi connectivity index (χ1v) is 6.55. The van der Waals surface area contributed by atoms with Gasteiger partial charge in [-0.05, 0) is 25.3 Å². The second-order valence-corrected chi connectivity index (χ2v) is 4.70. The van der Waals surface area contributed by atoms with Crippen molar-refractivity contribution in [1.29, 1.82) is 0 Å². The molecule has 1 heterocycles. The van der Waals surface area contributed by atoms with Crippen molar-refractivity contribution in [3.05, 3.63) is 53.3 Å². The summed E-state index contributed by atoms with van der Waals surface area (Å²) < 4.78 is 0. The summed E-state index contributed by atoms with van der Waals surface area (Å²) in [4.78, 5) is 0. The van der Waals surface area contributed by atoms with E-state index in [0.29, 0.717) is 6.04 Å². The summed E-state index contributed by atoms with van der Waals surface area (Å²) in [7, 11) is 0. The zero-order valence-electron chi connectivity index (χ0n) is 11.1. The van der Waals surface area contributed by atoms with Crippen molar-refractivity contribution in [2.24, 2.45) is 0 Å². The fourth-order valence-corrected chi connectivity index (χ4v) is 2.07. The zero-order chi connectivity index (χ0) is 12.8. The van der Waals surface area contributed by atoms with Gasteiger partial charge >= 0.3 is 0 Å². The minimum atomic E-state index is 0.515. The van der Waals surface area contributed by atoms with Crippen LogP contribution in [0.1, 0.15) is 30.2 Å². The molecule has 0 spiro atoms. The summed E-state index contributed by atoms with van der Waals surface area (Å²) in [6, 6.07) is 11.2. The van der Waals surface area contributed by atoms with Gasteiger partial charge in [0, 0.05) is 23.8 Å². The van der Waals surface area contributed by atoms with Crippen LogP contribution >= 0.6 is 0 Å². The van der Waals surface area contributed by atoms with Gasteiger partial charge in [0.05, 0.1) is 6.20 Å². The predicted molar refractivity (Wildman–Crippen MR) is 74.4 cm³/mol. The van der Waals surface area contributed by atoms with Gasteiger partial charge in [-0.25, -0.2) is 0 Å². The fraction of sp³-hybridized carbons (Fsp3) is 0.400. The van der Waals surface area contributed by atoms with Crippen LogP contribution in [0.25, 0.3) is 0 Å². The van der Waals surface area contributed by atoms with Gasteiger partial charge in [0.1, 0.15) is 0 Å². The van der Waals surface area contributed by atoms with E-state index in [-0.39, 0.29) is 0 Å². The average molecular weight is 243 g/mol. The van der Waals surface area contributed by atoms with Crippen molar-refractivity contribution < 1.29 is 0 Å². The number of benzene rings is 1. The van der Waals surface area contributed by atoms with Gasteiger partial charge in [-0.1, -0.05) is 37.3 Å². The van der Waals surface area contributed by atoms with E-state index in [4.69, 9.17) is 0 Å². The molecule has 1 unspecified atom stereocenters. The Morgan fingerprint density at radius 1 is 1.28 bits per heavy atom. The molecule has 2 aromatic rings. The number of nitrogens with zero attached hydrogens (tertiary/aromatic N) is 1. The first kappa shape index (κ1) is 12.8. The molecule has 0 aliphatic heterocycles. The van der Waals surface area contributed by atoms with E-state index in [0.717, 1.165) is 25.1 Å². The molecule has 0 amide bonds. The van der Waals surface area contributed by atoms with Crippen LogP contribution < -0.4 is 5.32 Å². The molecule has 0 saturated carbocycles. The number of hydrogen-bond donors (Lipinski definition) is 2. The van der Waals surface area contributed by atoms with Gasteiger partial charge in [-0.3, -0.25) is 5.10 Å². The highest BCUT2D eigenvalue weighted by atomic mass is 15.1. The standard InChI is InChI=1S/C15H21N3/c1-3-15(9-13-7-5-4-6-8-13)16-10-14-11-17-18-12(14)2/h4-8,11,15-16H,3,9-10H2,1-2H3,(H,17,18). The maximum Gasteiger partial charge on any atom is 0.0535 e. The summed E-state index contributed by atoms with van der Waals surface area (Å²) in [5, 5.41) is 10.6. The Bertz CT molecular complexity index is 462. The number of aromatic amines is 1.